The van der Waals surface area contributed by atoms with Gasteiger partial charge in [0.15, 0.2) is 29.1 Å². The van der Waals surface area contributed by atoms with Crippen LogP contribution in [0, 0.1) is 0 Å². The largest absolute Gasteiger partial charge is 0.569 e. The Bertz CT molecular complexity index is 7240. The highest BCUT2D eigenvalue weighted by molar-refractivity contribution is 7.26. The highest BCUT2D eigenvalue weighted by Gasteiger charge is 2.54. The van der Waals surface area contributed by atoms with E-state index in [0.29, 0.717) is 42.6 Å². The lowest BCUT2D eigenvalue weighted by atomic mass is 9.70. The minimum Gasteiger partial charge on any atom is -0.537 e. The molecule has 0 atom stereocenters. The number of fused-ring (bicyclic) bond motifs is 26. The predicted molar refractivity (Wildman–Crippen MR) is 483 cm³/mol. The van der Waals surface area contributed by atoms with Gasteiger partial charge in [-0.15, -0.1) is 22.7 Å². The summed E-state index contributed by atoms with van der Waals surface area (Å²) < 4.78 is 10.1. The van der Waals surface area contributed by atoms with E-state index in [-0.39, 0.29) is 23.5 Å². The van der Waals surface area contributed by atoms with E-state index in [4.69, 9.17) is 36.2 Å². The van der Waals surface area contributed by atoms with Gasteiger partial charge in [0, 0.05) is 68.2 Å². The van der Waals surface area contributed by atoms with Crippen molar-refractivity contribution < 1.29 is 9.68 Å². The molecule has 0 saturated heterocycles. The second-order valence-electron chi connectivity index (χ2n) is 29.5. The molecule has 0 aliphatic heterocycles. The van der Waals surface area contributed by atoms with E-state index in [1.807, 2.05) is 66.7 Å². The van der Waals surface area contributed by atoms with Crippen molar-refractivity contribution in [3.05, 3.63) is 426 Å². The standard InChI is InChI=1S/C52H31N3S.C31H20BO2.C21H12ClN3S.CH4/c1-2-13-33(14-3-1)49-53-50(55-51(54-49)35-29-30-40-39-17-7-11-24-46(39)56-47(40)31-35)34-27-25-32(26-28-34)36-19-12-23-45-48(36)41-18-6-10-22-44(41)52(45)42-20-8-4-15-37(42)38-16-5-9-21-43(38)52;33-32-34-21-18-16-20(17-19-21)22-11-7-15-29-30(22)25-10-3-6-14-28(25)31(29)26-12-4-1-8-23(26)24-9-2-5-13-27(24)31;22-21-24-19(13-6-2-1-3-7-13)23-20(25-21)14-10-11-16-15-8-4-5-9-17(15)26-18(16)12-14;/h1-31H;1-19,33H;1-12H;1H4. The number of nitrogens with zero attached hydrogens (tertiary/aromatic N) is 6. The molecule has 24 rings (SSSR count). The number of thiophene rings is 2. The fourth-order valence-corrected chi connectivity index (χ4v) is 21.1. The summed E-state index contributed by atoms with van der Waals surface area (Å²) in [7, 11) is 0.713. The van der Waals surface area contributed by atoms with Crippen molar-refractivity contribution >= 4 is 82.3 Å². The van der Waals surface area contributed by atoms with Gasteiger partial charge in [0.2, 0.25) is 5.28 Å². The molecule has 1 N–H and O–H groups in total. The molecule has 4 aromatic heterocycles. The Hall–Kier alpha value is -13.9. The van der Waals surface area contributed by atoms with Gasteiger partial charge in [0.25, 0.3) is 0 Å². The minimum absolute atomic E-state index is 0. The van der Waals surface area contributed by atoms with E-state index in [1.54, 1.807) is 22.7 Å². The van der Waals surface area contributed by atoms with Gasteiger partial charge in [-0.1, -0.05) is 347 Å². The molecule has 4 aliphatic carbocycles. The number of hydrogen-bond acceptors (Lipinski definition) is 10. The molecular weight excluding hydrogens is 1490 g/mol. The van der Waals surface area contributed by atoms with Gasteiger partial charge >= 0.3 is 7.69 Å². The van der Waals surface area contributed by atoms with Crippen molar-refractivity contribution in [1.29, 1.82) is 0 Å². The average Bonchev–Trinajstić information content (AvgIpc) is 1.51. The summed E-state index contributed by atoms with van der Waals surface area (Å²) in [5, 5.41) is 14.2. The van der Waals surface area contributed by atoms with Gasteiger partial charge in [0.05, 0.1) is 10.8 Å². The molecule has 551 valence electrons. The number of rotatable bonds is 9. The number of hydrogen-bond donors (Lipinski definition) is 1. The molecule has 0 unspecified atom stereocenters. The fraction of sp³-hybridized carbons (Fsp3) is 0.0286. The van der Waals surface area contributed by atoms with E-state index >= 15 is 0 Å². The maximum Gasteiger partial charge on any atom is 0.569 e. The summed E-state index contributed by atoms with van der Waals surface area (Å²) in [4.78, 5) is 28.5. The lowest BCUT2D eigenvalue weighted by Gasteiger charge is -2.30. The summed E-state index contributed by atoms with van der Waals surface area (Å²) in [6.07, 6.45) is 0. The van der Waals surface area contributed by atoms with Gasteiger partial charge in [-0.25, -0.2) is 19.9 Å². The second kappa shape index (κ2) is 28.9. The molecule has 4 aliphatic rings. The monoisotopic (exact) mass is 1550 g/mol. The molecular formula is C105H67BClN6O2S2. The predicted octanol–water partition coefficient (Wildman–Crippen LogP) is 26.7. The molecule has 8 nitrogen and oxygen atoms in total. The van der Waals surface area contributed by atoms with Crippen LogP contribution in [0.3, 0.4) is 0 Å². The number of halogens is 1. The van der Waals surface area contributed by atoms with Crippen LogP contribution in [0.2, 0.25) is 5.28 Å². The highest BCUT2D eigenvalue weighted by atomic mass is 35.5. The van der Waals surface area contributed by atoms with Gasteiger partial charge in [-0.2, -0.15) is 9.97 Å². The molecule has 20 aromatic rings. The maximum atomic E-state index is 8.97. The highest BCUT2D eigenvalue weighted by Crippen LogP contribution is 2.66. The zero-order valence-corrected chi connectivity index (χ0v) is 64.5. The van der Waals surface area contributed by atoms with E-state index in [9.17, 15) is 0 Å². The van der Waals surface area contributed by atoms with Crippen molar-refractivity contribution in [2.24, 2.45) is 0 Å². The van der Waals surface area contributed by atoms with Crippen LogP contribution in [-0.4, -0.2) is 42.6 Å². The van der Waals surface area contributed by atoms with Crippen LogP contribution in [0.5, 0.6) is 5.75 Å². The third-order valence-corrected chi connectivity index (χ3v) is 25.9. The average molecular weight is 1560 g/mol. The third kappa shape index (κ3) is 11.4. The van der Waals surface area contributed by atoms with Crippen LogP contribution in [0.4, 0.5) is 0 Å². The molecule has 4 heterocycles. The third-order valence-electron chi connectivity index (χ3n) is 23.4. The Morgan fingerprint density at radius 1 is 0.248 bits per heavy atom. The molecule has 1 radical (unpaired) electrons. The molecule has 0 saturated carbocycles. The van der Waals surface area contributed by atoms with Crippen molar-refractivity contribution in [3.8, 4) is 129 Å². The molecule has 12 heteroatoms. The molecule has 0 bridgehead atoms. The maximum absolute atomic E-state index is 8.97. The first-order valence-electron chi connectivity index (χ1n) is 38.7. The normalized spacial score (nSPS) is 12.8. The van der Waals surface area contributed by atoms with E-state index in [1.165, 1.54) is 140 Å². The van der Waals surface area contributed by atoms with Crippen molar-refractivity contribution in [2.75, 3.05) is 0 Å². The minimum atomic E-state index is -0.372. The van der Waals surface area contributed by atoms with Crippen LogP contribution >= 0.6 is 34.3 Å². The van der Waals surface area contributed by atoms with Crippen LogP contribution in [-0.2, 0) is 10.8 Å². The summed E-state index contributed by atoms with van der Waals surface area (Å²) in [5.74, 6) is 3.75. The van der Waals surface area contributed by atoms with E-state index in [2.05, 4.69) is 324 Å². The van der Waals surface area contributed by atoms with Crippen LogP contribution in [0.15, 0.2) is 376 Å². The summed E-state index contributed by atoms with van der Waals surface area (Å²) in [5.41, 5.74) is 29.9. The summed E-state index contributed by atoms with van der Waals surface area (Å²) >= 11 is 9.75. The number of aromatic nitrogens is 6. The molecule has 0 amide bonds. The van der Waals surface area contributed by atoms with Gasteiger partial charge < -0.3 is 9.68 Å². The molecule has 117 heavy (non-hydrogen) atoms. The quantitative estimate of drug-likeness (QED) is 0.142. The fourth-order valence-electron chi connectivity index (χ4n) is 18.6. The molecule has 2 spiro atoms. The van der Waals surface area contributed by atoms with Gasteiger partial charge in [-0.05, 0) is 159 Å². The van der Waals surface area contributed by atoms with Crippen LogP contribution in [0.1, 0.15) is 51.9 Å². The Morgan fingerprint density at radius 3 is 0.940 bits per heavy atom. The smallest absolute Gasteiger partial charge is 0.537 e. The molecule has 0 fully saturated rings. The lowest BCUT2D eigenvalue weighted by molar-refractivity contribution is 0.454. The Kier molecular flexibility index (Phi) is 17.5. The lowest BCUT2D eigenvalue weighted by Crippen LogP contribution is -2.25. The first-order chi connectivity index (χ1) is 57.4. The van der Waals surface area contributed by atoms with Crippen LogP contribution < -0.4 is 4.65 Å². The SMILES string of the molecule is C.Clc1nc(-c2ccccc2)nc(-c2ccc3c(c2)sc2ccccc23)n1.O[B]Oc1ccc(-c2cccc3c2-c2ccccc2C32c3ccccc3-c3ccccc32)cc1.c1ccc(-c2nc(-c3ccc(-c4cccc5c4-c4ccccc4C54c5ccccc5-c5ccccc54)cc3)nc(-c3ccc4c(c3)sc3ccccc34)n2)cc1. The summed E-state index contributed by atoms with van der Waals surface area (Å²) in [6.45, 7) is 0. The topological polar surface area (TPSA) is 107 Å². The Balaban J connectivity index is 0.000000119. The zero-order valence-electron chi connectivity index (χ0n) is 62.1. The van der Waals surface area contributed by atoms with Crippen molar-refractivity contribution in [3.63, 3.8) is 0 Å². The van der Waals surface area contributed by atoms with Crippen molar-refractivity contribution in [2.45, 2.75) is 18.3 Å². The first kappa shape index (κ1) is 70.9. The molecule has 16 aromatic carbocycles. The zero-order chi connectivity index (χ0) is 77.0. The van der Waals surface area contributed by atoms with Crippen molar-refractivity contribution in [1.82, 2.24) is 29.9 Å². The number of benzene rings is 16. The van der Waals surface area contributed by atoms with E-state index in [0.717, 1.165) is 38.9 Å². The van der Waals surface area contributed by atoms with E-state index < -0.39 is 0 Å². The van der Waals surface area contributed by atoms with Gasteiger partial charge in [-0.3, -0.25) is 0 Å². The summed E-state index contributed by atoms with van der Waals surface area (Å²) in [6, 6.07) is 134. The van der Waals surface area contributed by atoms with Crippen LogP contribution in [0.25, 0.3) is 164 Å². The Morgan fingerprint density at radius 2 is 0.530 bits per heavy atom. The van der Waals surface area contributed by atoms with Gasteiger partial charge in [0.1, 0.15) is 5.75 Å². The first-order valence-corrected chi connectivity index (χ1v) is 40.7. The second-order valence-corrected chi connectivity index (χ2v) is 32.0. The Labute approximate surface area is 690 Å².